The van der Waals surface area contributed by atoms with Gasteiger partial charge in [-0.3, -0.25) is 14.9 Å². The first kappa shape index (κ1) is 23.7. The summed E-state index contributed by atoms with van der Waals surface area (Å²) in [4.78, 5) is 34.4. The summed E-state index contributed by atoms with van der Waals surface area (Å²) >= 11 is 5.87. The molecule has 166 valence electrons. The molecular formula is C18H15ClF3N3O6. The molecule has 9 nitrogen and oxygen atoms in total. The van der Waals surface area contributed by atoms with Crippen LogP contribution in [0.5, 0.6) is 5.75 Å². The smallest absolute Gasteiger partial charge is 0.418 e. The Morgan fingerprint density at radius 1 is 1.26 bits per heavy atom. The lowest BCUT2D eigenvalue weighted by Crippen LogP contribution is -2.31. The summed E-state index contributed by atoms with van der Waals surface area (Å²) in [5.41, 5.74) is 2.61. The molecule has 0 aromatic heterocycles. The Kier molecular flexibility index (Phi) is 6.95. The van der Waals surface area contributed by atoms with Crippen LogP contribution in [0.4, 0.5) is 30.2 Å². The van der Waals surface area contributed by atoms with Gasteiger partial charge >= 0.3 is 12.1 Å². The van der Waals surface area contributed by atoms with Gasteiger partial charge < -0.3 is 20.5 Å². The van der Waals surface area contributed by atoms with Gasteiger partial charge in [0, 0.05) is 18.2 Å². The van der Waals surface area contributed by atoms with E-state index in [2.05, 4.69) is 0 Å². The van der Waals surface area contributed by atoms with Crippen molar-refractivity contribution in [2.45, 2.75) is 19.2 Å². The number of nitro benzene ring substituents is 1. The Bertz CT molecular complexity index is 1040. The fourth-order valence-corrected chi connectivity index (χ4v) is 2.56. The maximum absolute atomic E-state index is 13.2. The van der Waals surface area contributed by atoms with Gasteiger partial charge in [-0.2, -0.15) is 13.2 Å². The van der Waals surface area contributed by atoms with Crippen LogP contribution in [0.1, 0.15) is 22.8 Å². The van der Waals surface area contributed by atoms with Crippen molar-refractivity contribution in [3.05, 3.63) is 56.6 Å². The molecule has 0 fully saturated rings. The Morgan fingerprint density at radius 3 is 2.45 bits per heavy atom. The van der Waals surface area contributed by atoms with Crippen LogP contribution in [-0.2, 0) is 15.7 Å². The Hall–Kier alpha value is -3.54. The molecule has 1 amide bonds. The van der Waals surface area contributed by atoms with Gasteiger partial charge in [-0.1, -0.05) is 11.6 Å². The summed E-state index contributed by atoms with van der Waals surface area (Å²) in [7, 11) is 1.25. The Balaban J connectivity index is 2.23. The number of carbonyl (C=O) groups is 2. The summed E-state index contributed by atoms with van der Waals surface area (Å²) in [6.45, 7) is 1.12. The largest absolute Gasteiger partial charge is 0.496 e. The van der Waals surface area contributed by atoms with Crippen LogP contribution in [0, 0.1) is 10.1 Å². The molecular weight excluding hydrogens is 447 g/mol. The normalized spacial score (nSPS) is 12.1. The average Bonchev–Trinajstić information content (AvgIpc) is 2.68. The Morgan fingerprint density at radius 2 is 1.90 bits per heavy atom. The first-order valence-corrected chi connectivity index (χ1v) is 8.73. The van der Waals surface area contributed by atoms with Crippen molar-refractivity contribution in [1.29, 1.82) is 0 Å². The molecule has 1 unspecified atom stereocenters. The molecule has 0 heterocycles. The quantitative estimate of drug-likeness (QED) is 0.287. The van der Waals surface area contributed by atoms with Gasteiger partial charge in [0.05, 0.1) is 34.0 Å². The number of alkyl halides is 3. The van der Waals surface area contributed by atoms with E-state index in [0.717, 1.165) is 25.1 Å². The molecule has 2 rings (SSSR count). The second-order valence-electron chi connectivity index (χ2n) is 6.10. The van der Waals surface area contributed by atoms with Gasteiger partial charge in [-0.05, 0) is 19.1 Å². The molecule has 1 atom stereocenters. The fraction of sp³-hybridized carbons (Fsp3) is 0.222. The number of anilines is 2. The van der Waals surface area contributed by atoms with Crippen molar-refractivity contribution in [2.24, 2.45) is 0 Å². The molecule has 31 heavy (non-hydrogen) atoms. The number of esters is 1. The van der Waals surface area contributed by atoms with Crippen LogP contribution in [-0.4, -0.2) is 30.0 Å². The molecule has 0 saturated heterocycles. The molecule has 0 aliphatic carbocycles. The topological polar surface area (TPSA) is 134 Å². The molecule has 0 radical (unpaired) electrons. The lowest BCUT2D eigenvalue weighted by atomic mass is 10.1. The highest BCUT2D eigenvalue weighted by Gasteiger charge is 2.36. The van der Waals surface area contributed by atoms with Gasteiger partial charge in [0.1, 0.15) is 11.3 Å². The molecule has 0 aliphatic rings. The third-order valence-corrected chi connectivity index (χ3v) is 4.30. The first-order chi connectivity index (χ1) is 14.3. The van der Waals surface area contributed by atoms with Crippen LogP contribution in [0.15, 0.2) is 30.3 Å². The number of non-ortho nitro benzene ring substituents is 1. The number of hydrogen-bond donors (Lipinski definition) is 2. The van der Waals surface area contributed by atoms with Crippen molar-refractivity contribution in [3.8, 4) is 5.75 Å². The maximum Gasteiger partial charge on any atom is 0.418 e. The van der Waals surface area contributed by atoms with Gasteiger partial charge in [0.15, 0.2) is 6.10 Å². The molecule has 0 aliphatic heterocycles. The molecule has 3 N–H and O–H groups in total. The van der Waals surface area contributed by atoms with E-state index in [1.807, 2.05) is 5.32 Å². The van der Waals surface area contributed by atoms with Crippen LogP contribution in [0.25, 0.3) is 0 Å². The minimum absolute atomic E-state index is 0.00855. The van der Waals surface area contributed by atoms with Gasteiger partial charge in [-0.25, -0.2) is 4.79 Å². The van der Waals surface area contributed by atoms with Crippen molar-refractivity contribution in [3.63, 3.8) is 0 Å². The van der Waals surface area contributed by atoms with Crippen LogP contribution in [0.3, 0.4) is 0 Å². The lowest BCUT2D eigenvalue weighted by Gasteiger charge is -2.17. The zero-order chi connectivity index (χ0) is 23.5. The van der Waals surface area contributed by atoms with E-state index in [4.69, 9.17) is 26.8 Å². The number of rotatable bonds is 6. The minimum Gasteiger partial charge on any atom is -0.496 e. The van der Waals surface area contributed by atoms with Gasteiger partial charge in [0.25, 0.3) is 11.6 Å². The molecule has 0 bridgehead atoms. The number of nitro groups is 1. The fourth-order valence-electron chi connectivity index (χ4n) is 2.40. The van der Waals surface area contributed by atoms with Crippen molar-refractivity contribution in [2.75, 3.05) is 18.2 Å². The van der Waals surface area contributed by atoms with E-state index in [9.17, 15) is 32.9 Å². The molecule has 2 aromatic carbocycles. The summed E-state index contributed by atoms with van der Waals surface area (Å²) in [6, 6.07) is 4.23. The standard InChI is InChI=1S/C18H15ClF3N3O6/c1-8(31-17(27)10-6-12(19)13(23)7-15(10)30-2)16(26)24-14-4-3-9(25(28)29)5-11(14)18(20,21)22/h3-8H,23H2,1-2H3,(H,24,26). The number of nitrogens with one attached hydrogen (secondary N) is 1. The number of amides is 1. The highest BCUT2D eigenvalue weighted by atomic mass is 35.5. The zero-order valence-electron chi connectivity index (χ0n) is 16.0. The number of ether oxygens (including phenoxy) is 2. The van der Waals surface area contributed by atoms with E-state index >= 15 is 0 Å². The van der Waals surface area contributed by atoms with Crippen LogP contribution < -0.4 is 15.8 Å². The number of carbonyl (C=O) groups excluding carboxylic acids is 2. The number of halogens is 4. The van der Waals surface area contributed by atoms with Crippen molar-refractivity contribution >= 4 is 40.5 Å². The highest BCUT2D eigenvalue weighted by molar-refractivity contribution is 6.33. The van der Waals surface area contributed by atoms with Gasteiger partial charge in [-0.15, -0.1) is 0 Å². The Labute approximate surface area is 178 Å². The van der Waals surface area contributed by atoms with Crippen molar-refractivity contribution < 1.29 is 37.2 Å². The predicted octanol–water partition coefficient (Wildman–Crippen LogP) is 4.04. The predicted molar refractivity (Wildman–Crippen MR) is 104 cm³/mol. The second kappa shape index (κ2) is 9.08. The summed E-state index contributed by atoms with van der Waals surface area (Å²) in [5.74, 6) is -2.14. The summed E-state index contributed by atoms with van der Waals surface area (Å²) < 4.78 is 49.7. The number of methoxy groups -OCH3 is 1. The van der Waals surface area contributed by atoms with E-state index < -0.39 is 46.0 Å². The SMILES string of the molecule is COc1cc(N)c(Cl)cc1C(=O)OC(C)C(=O)Nc1ccc([N+](=O)[O-])cc1C(F)(F)F. The third-order valence-electron chi connectivity index (χ3n) is 3.97. The van der Waals surface area contributed by atoms with E-state index in [1.54, 1.807) is 0 Å². The molecule has 0 saturated carbocycles. The summed E-state index contributed by atoms with van der Waals surface area (Å²) in [6.07, 6.45) is -6.52. The summed E-state index contributed by atoms with van der Waals surface area (Å²) in [5, 5.41) is 12.7. The first-order valence-electron chi connectivity index (χ1n) is 8.35. The van der Waals surface area contributed by atoms with Crippen molar-refractivity contribution in [1.82, 2.24) is 0 Å². The van der Waals surface area contributed by atoms with E-state index in [1.165, 1.54) is 13.2 Å². The lowest BCUT2D eigenvalue weighted by molar-refractivity contribution is -0.385. The van der Waals surface area contributed by atoms with E-state index in [0.29, 0.717) is 0 Å². The average molecular weight is 462 g/mol. The molecule has 13 heteroatoms. The molecule has 2 aromatic rings. The third kappa shape index (κ3) is 5.54. The highest BCUT2D eigenvalue weighted by Crippen LogP contribution is 2.37. The number of nitrogens with two attached hydrogens (primary N) is 1. The number of nitrogen functional groups attached to an aromatic ring is 1. The second-order valence-corrected chi connectivity index (χ2v) is 6.50. The zero-order valence-corrected chi connectivity index (χ0v) is 16.7. The molecule has 0 spiro atoms. The monoisotopic (exact) mass is 461 g/mol. The minimum atomic E-state index is -4.98. The maximum atomic E-state index is 13.2. The van der Waals surface area contributed by atoms with Crippen LogP contribution >= 0.6 is 11.6 Å². The number of nitrogens with zero attached hydrogens (tertiary/aromatic N) is 1. The van der Waals surface area contributed by atoms with E-state index in [-0.39, 0.29) is 28.1 Å². The van der Waals surface area contributed by atoms with Gasteiger partial charge in [0.2, 0.25) is 0 Å². The number of hydrogen-bond acceptors (Lipinski definition) is 7. The van der Waals surface area contributed by atoms with Crippen LogP contribution in [0.2, 0.25) is 5.02 Å². The number of benzene rings is 2.